The summed E-state index contributed by atoms with van der Waals surface area (Å²) in [6, 6.07) is 1.85. The van der Waals surface area contributed by atoms with Gasteiger partial charge in [0.15, 0.2) is 0 Å². The van der Waals surface area contributed by atoms with Crippen molar-refractivity contribution >= 4 is 5.95 Å². The van der Waals surface area contributed by atoms with E-state index in [1.54, 1.807) is 12.4 Å². The van der Waals surface area contributed by atoms with E-state index in [9.17, 15) is 0 Å². The van der Waals surface area contributed by atoms with Gasteiger partial charge in [-0.3, -0.25) is 0 Å². The predicted molar refractivity (Wildman–Crippen MR) is 48.0 cm³/mol. The molecule has 0 N–H and O–H groups in total. The van der Waals surface area contributed by atoms with Crippen molar-refractivity contribution in [3.05, 3.63) is 18.5 Å². The quantitative estimate of drug-likeness (QED) is 0.658. The average molecular weight is 163 g/mol. The molecular weight excluding hydrogens is 150 g/mol. The fourth-order valence-electron chi connectivity index (χ4n) is 1.45. The molecule has 0 amide bonds. The van der Waals surface area contributed by atoms with Crippen LogP contribution in [0, 0.1) is 5.92 Å². The van der Waals surface area contributed by atoms with Crippen LogP contribution in [0.5, 0.6) is 0 Å². The van der Waals surface area contributed by atoms with Gasteiger partial charge in [0.25, 0.3) is 0 Å². The van der Waals surface area contributed by atoms with Crippen molar-refractivity contribution in [1.29, 1.82) is 0 Å². The maximum Gasteiger partial charge on any atom is 0.225 e. The lowest BCUT2D eigenvalue weighted by Crippen LogP contribution is -2.47. The summed E-state index contributed by atoms with van der Waals surface area (Å²) in [6.07, 6.45) is 4.85. The van der Waals surface area contributed by atoms with E-state index in [1.165, 1.54) is 6.42 Å². The molecule has 1 aliphatic heterocycles. The summed E-state index contributed by atoms with van der Waals surface area (Å²) in [6.45, 7) is 4.48. The minimum atomic E-state index is 0.855. The normalized spacial score (nSPS) is 17.6. The van der Waals surface area contributed by atoms with E-state index in [1.807, 2.05) is 6.07 Å². The first kappa shape index (κ1) is 7.53. The number of aromatic nitrogens is 2. The summed E-state index contributed by atoms with van der Waals surface area (Å²) in [5.41, 5.74) is 0. The van der Waals surface area contributed by atoms with Crippen LogP contribution < -0.4 is 4.90 Å². The molecule has 12 heavy (non-hydrogen) atoms. The Bertz CT molecular complexity index is 241. The Hall–Kier alpha value is -1.12. The highest BCUT2D eigenvalue weighted by atomic mass is 15.3. The van der Waals surface area contributed by atoms with Crippen molar-refractivity contribution in [3.63, 3.8) is 0 Å². The van der Waals surface area contributed by atoms with Gasteiger partial charge in [0.2, 0.25) is 5.95 Å². The van der Waals surface area contributed by atoms with Gasteiger partial charge in [-0.2, -0.15) is 0 Å². The topological polar surface area (TPSA) is 29.0 Å². The highest BCUT2D eigenvalue weighted by Gasteiger charge is 2.26. The molecule has 0 unspecified atom stereocenters. The zero-order valence-electron chi connectivity index (χ0n) is 7.27. The first-order valence-corrected chi connectivity index (χ1v) is 4.42. The van der Waals surface area contributed by atoms with Crippen molar-refractivity contribution < 1.29 is 0 Å². The van der Waals surface area contributed by atoms with Gasteiger partial charge in [-0.1, -0.05) is 6.92 Å². The molecule has 0 spiro atoms. The minimum absolute atomic E-state index is 0.855. The van der Waals surface area contributed by atoms with E-state index in [0.717, 1.165) is 25.0 Å². The Labute approximate surface area is 72.4 Å². The van der Waals surface area contributed by atoms with E-state index in [-0.39, 0.29) is 0 Å². The van der Waals surface area contributed by atoms with Crippen molar-refractivity contribution in [2.24, 2.45) is 5.92 Å². The molecule has 0 radical (unpaired) electrons. The summed E-state index contributed by atoms with van der Waals surface area (Å²) < 4.78 is 0. The molecule has 2 heterocycles. The van der Waals surface area contributed by atoms with Crippen LogP contribution in [0.15, 0.2) is 18.5 Å². The van der Waals surface area contributed by atoms with Crippen molar-refractivity contribution in [2.45, 2.75) is 13.3 Å². The largest absolute Gasteiger partial charge is 0.340 e. The Kier molecular flexibility index (Phi) is 1.94. The first-order chi connectivity index (χ1) is 5.90. The molecule has 1 saturated heterocycles. The van der Waals surface area contributed by atoms with E-state index < -0.39 is 0 Å². The molecule has 1 fully saturated rings. The molecule has 1 aromatic heterocycles. The summed E-state index contributed by atoms with van der Waals surface area (Å²) in [4.78, 5) is 10.6. The number of hydrogen-bond donors (Lipinski definition) is 0. The van der Waals surface area contributed by atoms with Gasteiger partial charge >= 0.3 is 0 Å². The average Bonchev–Trinajstić information content (AvgIpc) is 2.04. The van der Waals surface area contributed by atoms with Gasteiger partial charge in [0.1, 0.15) is 0 Å². The fourth-order valence-corrected chi connectivity index (χ4v) is 1.45. The summed E-state index contributed by atoms with van der Waals surface area (Å²) >= 11 is 0. The van der Waals surface area contributed by atoms with E-state index in [2.05, 4.69) is 21.8 Å². The van der Waals surface area contributed by atoms with Gasteiger partial charge in [-0.05, 0) is 18.4 Å². The van der Waals surface area contributed by atoms with Gasteiger partial charge in [0.05, 0.1) is 0 Å². The van der Waals surface area contributed by atoms with Crippen LogP contribution in [0.25, 0.3) is 0 Å². The molecule has 64 valence electrons. The predicted octanol–water partition coefficient (Wildman–Crippen LogP) is 1.32. The van der Waals surface area contributed by atoms with Crippen LogP contribution in [-0.4, -0.2) is 23.1 Å². The van der Waals surface area contributed by atoms with Crippen LogP contribution in [-0.2, 0) is 0 Å². The maximum absolute atomic E-state index is 4.18. The third-order valence-corrected chi connectivity index (χ3v) is 2.37. The molecule has 0 saturated carbocycles. The van der Waals surface area contributed by atoms with Gasteiger partial charge in [-0.25, -0.2) is 9.97 Å². The molecule has 0 aliphatic carbocycles. The molecular formula is C9H13N3. The summed E-state index contributed by atoms with van der Waals surface area (Å²) in [5, 5.41) is 0. The lowest BCUT2D eigenvalue weighted by atomic mass is 9.98. The molecule has 0 bridgehead atoms. The summed E-state index contributed by atoms with van der Waals surface area (Å²) in [7, 11) is 0. The van der Waals surface area contributed by atoms with E-state index in [0.29, 0.717) is 0 Å². The third-order valence-electron chi connectivity index (χ3n) is 2.37. The second-order valence-electron chi connectivity index (χ2n) is 3.23. The number of hydrogen-bond acceptors (Lipinski definition) is 3. The van der Waals surface area contributed by atoms with Crippen LogP contribution in [0.4, 0.5) is 5.95 Å². The van der Waals surface area contributed by atoms with E-state index in [4.69, 9.17) is 0 Å². The number of nitrogens with zero attached hydrogens (tertiary/aromatic N) is 3. The molecule has 3 nitrogen and oxygen atoms in total. The van der Waals surface area contributed by atoms with E-state index >= 15 is 0 Å². The lowest BCUT2D eigenvalue weighted by Gasteiger charge is -2.38. The Balaban J connectivity index is 1.97. The standard InChI is InChI=1S/C9H13N3/c1-2-8-6-12(7-8)9-10-4-3-5-11-9/h3-5,8H,2,6-7H2,1H3. The highest BCUT2D eigenvalue weighted by molar-refractivity contribution is 5.32. The lowest BCUT2D eigenvalue weighted by molar-refractivity contribution is 0.392. The van der Waals surface area contributed by atoms with Crippen molar-refractivity contribution in [2.75, 3.05) is 18.0 Å². The minimum Gasteiger partial charge on any atom is -0.340 e. The number of anilines is 1. The smallest absolute Gasteiger partial charge is 0.225 e. The van der Waals surface area contributed by atoms with Crippen molar-refractivity contribution in [1.82, 2.24) is 9.97 Å². The van der Waals surface area contributed by atoms with Crippen LogP contribution >= 0.6 is 0 Å². The fraction of sp³-hybridized carbons (Fsp3) is 0.556. The first-order valence-electron chi connectivity index (χ1n) is 4.42. The van der Waals surface area contributed by atoms with Crippen molar-refractivity contribution in [3.8, 4) is 0 Å². The molecule has 0 atom stereocenters. The molecule has 3 heteroatoms. The Morgan fingerprint density at radius 3 is 2.67 bits per heavy atom. The monoisotopic (exact) mass is 163 g/mol. The zero-order chi connectivity index (χ0) is 8.39. The second kappa shape index (κ2) is 3.09. The van der Waals surface area contributed by atoms with Crippen LogP contribution in [0.1, 0.15) is 13.3 Å². The second-order valence-corrected chi connectivity index (χ2v) is 3.23. The Morgan fingerprint density at radius 1 is 1.42 bits per heavy atom. The van der Waals surface area contributed by atoms with Crippen LogP contribution in [0.3, 0.4) is 0 Å². The Morgan fingerprint density at radius 2 is 2.08 bits per heavy atom. The third kappa shape index (κ3) is 1.26. The summed E-state index contributed by atoms with van der Waals surface area (Å²) in [5.74, 6) is 1.73. The van der Waals surface area contributed by atoms with Gasteiger partial charge in [0, 0.05) is 25.5 Å². The highest BCUT2D eigenvalue weighted by Crippen LogP contribution is 2.22. The van der Waals surface area contributed by atoms with Crippen LogP contribution in [0.2, 0.25) is 0 Å². The molecule has 0 aromatic carbocycles. The molecule has 2 rings (SSSR count). The molecule has 1 aromatic rings. The number of rotatable bonds is 2. The molecule has 1 aliphatic rings. The van der Waals surface area contributed by atoms with Gasteiger partial charge < -0.3 is 4.90 Å². The zero-order valence-corrected chi connectivity index (χ0v) is 7.27. The maximum atomic E-state index is 4.18. The SMILES string of the molecule is CCC1CN(c2ncccn2)C1. The van der Waals surface area contributed by atoms with Gasteiger partial charge in [-0.15, -0.1) is 0 Å².